The molecule has 0 saturated heterocycles. The number of furan rings is 2. The molecular formula is C48H33NO2Si. The molecule has 0 amide bonds. The Morgan fingerprint density at radius 2 is 1.06 bits per heavy atom. The minimum atomic E-state index is -2.10. The Labute approximate surface area is 302 Å². The van der Waals surface area contributed by atoms with Crippen molar-refractivity contribution in [3.8, 4) is 22.3 Å². The first-order valence-electron chi connectivity index (χ1n) is 17.9. The number of hydrogen-bond donors (Lipinski definition) is 0. The van der Waals surface area contributed by atoms with Crippen LogP contribution in [-0.4, -0.2) is 8.07 Å². The summed E-state index contributed by atoms with van der Waals surface area (Å²) in [4.78, 5) is 2.38. The molecule has 246 valence electrons. The first-order valence-corrected chi connectivity index (χ1v) is 20.9. The fourth-order valence-corrected chi connectivity index (χ4v) is 11.8. The SMILES string of the molecule is C[Si]1(C)c2cc(N(c3ccc(-c4cccc5ccccc45)cc3)c3cccc4c3oc3ccccc34)ccc2-c2c1ccc1c2oc2ccccc21. The van der Waals surface area contributed by atoms with Gasteiger partial charge in [0.25, 0.3) is 0 Å². The van der Waals surface area contributed by atoms with E-state index in [2.05, 4.69) is 176 Å². The largest absolute Gasteiger partial charge is 0.455 e. The molecule has 0 radical (unpaired) electrons. The minimum Gasteiger partial charge on any atom is -0.455 e. The maximum absolute atomic E-state index is 6.66. The number of rotatable bonds is 4. The molecule has 1 aliphatic rings. The van der Waals surface area contributed by atoms with E-state index in [9.17, 15) is 0 Å². The normalized spacial score (nSPS) is 13.3. The van der Waals surface area contributed by atoms with Crippen molar-refractivity contribution < 1.29 is 8.83 Å². The number of anilines is 3. The van der Waals surface area contributed by atoms with Crippen molar-refractivity contribution in [3.05, 3.63) is 164 Å². The molecule has 0 spiro atoms. The van der Waals surface area contributed by atoms with Crippen molar-refractivity contribution in [3.63, 3.8) is 0 Å². The van der Waals surface area contributed by atoms with Crippen LogP contribution in [0.4, 0.5) is 17.1 Å². The number of para-hydroxylation sites is 3. The van der Waals surface area contributed by atoms with Crippen LogP contribution in [0.25, 0.3) is 76.9 Å². The van der Waals surface area contributed by atoms with Gasteiger partial charge in [-0.2, -0.15) is 0 Å². The number of hydrogen-bond acceptors (Lipinski definition) is 3. The average Bonchev–Trinajstić information content (AvgIpc) is 3.83. The van der Waals surface area contributed by atoms with Gasteiger partial charge in [-0.05, 0) is 80.3 Å². The molecule has 8 aromatic carbocycles. The van der Waals surface area contributed by atoms with Crippen LogP contribution < -0.4 is 15.3 Å². The molecule has 0 N–H and O–H groups in total. The van der Waals surface area contributed by atoms with Crippen molar-refractivity contribution in [2.24, 2.45) is 0 Å². The van der Waals surface area contributed by atoms with E-state index in [1.54, 1.807) is 0 Å². The van der Waals surface area contributed by atoms with Gasteiger partial charge in [0.05, 0.1) is 5.69 Å². The van der Waals surface area contributed by atoms with Crippen molar-refractivity contribution in [1.82, 2.24) is 0 Å². The summed E-state index contributed by atoms with van der Waals surface area (Å²) in [6.45, 7) is 4.94. The molecule has 0 saturated carbocycles. The number of benzene rings is 8. The first kappa shape index (κ1) is 29.4. The molecule has 0 unspecified atom stereocenters. The molecule has 11 rings (SSSR count). The summed E-state index contributed by atoms with van der Waals surface area (Å²) in [5.74, 6) is 0. The van der Waals surface area contributed by atoms with E-state index in [0.717, 1.165) is 50.2 Å². The van der Waals surface area contributed by atoms with Gasteiger partial charge in [0, 0.05) is 38.5 Å². The molecule has 0 aliphatic carbocycles. The summed E-state index contributed by atoms with van der Waals surface area (Å²) in [7, 11) is -2.10. The van der Waals surface area contributed by atoms with E-state index in [1.807, 2.05) is 6.07 Å². The van der Waals surface area contributed by atoms with Crippen LogP contribution in [0.15, 0.2) is 173 Å². The van der Waals surface area contributed by atoms with Crippen molar-refractivity contribution >= 4 is 90.2 Å². The lowest BCUT2D eigenvalue weighted by Crippen LogP contribution is -2.49. The Hall–Kier alpha value is -6.36. The highest BCUT2D eigenvalue weighted by atomic mass is 28.3. The quantitative estimate of drug-likeness (QED) is 0.173. The molecule has 52 heavy (non-hydrogen) atoms. The van der Waals surface area contributed by atoms with Crippen LogP contribution in [0.5, 0.6) is 0 Å². The van der Waals surface area contributed by atoms with Crippen LogP contribution in [0.1, 0.15) is 0 Å². The van der Waals surface area contributed by atoms with E-state index in [0.29, 0.717) is 0 Å². The molecule has 0 atom stereocenters. The summed E-state index contributed by atoms with van der Waals surface area (Å²) in [6, 6.07) is 59.1. The van der Waals surface area contributed by atoms with Gasteiger partial charge in [-0.25, -0.2) is 0 Å². The highest BCUT2D eigenvalue weighted by Gasteiger charge is 2.40. The van der Waals surface area contributed by atoms with E-state index in [1.165, 1.54) is 54.2 Å². The van der Waals surface area contributed by atoms with Crippen LogP contribution in [0.3, 0.4) is 0 Å². The summed E-state index contributed by atoms with van der Waals surface area (Å²) >= 11 is 0. The first-order chi connectivity index (χ1) is 25.5. The lowest BCUT2D eigenvalue weighted by Gasteiger charge is -2.27. The third kappa shape index (κ3) is 4.13. The zero-order valence-electron chi connectivity index (χ0n) is 28.9. The zero-order chi connectivity index (χ0) is 34.6. The fourth-order valence-electron chi connectivity index (χ4n) is 8.73. The maximum Gasteiger partial charge on any atom is 0.159 e. The Morgan fingerprint density at radius 3 is 1.85 bits per heavy atom. The molecule has 0 fully saturated rings. The Bertz CT molecular complexity index is 3050. The highest BCUT2D eigenvalue weighted by Crippen LogP contribution is 2.45. The fraction of sp³-hybridized carbons (Fsp3) is 0.0417. The third-order valence-corrected chi connectivity index (χ3v) is 14.8. The molecular weight excluding hydrogens is 651 g/mol. The molecule has 1 aliphatic heterocycles. The van der Waals surface area contributed by atoms with Gasteiger partial charge in [0.15, 0.2) is 5.58 Å². The van der Waals surface area contributed by atoms with Gasteiger partial charge in [-0.3, -0.25) is 0 Å². The summed E-state index contributed by atoms with van der Waals surface area (Å²) < 4.78 is 13.3. The molecule has 2 aromatic heterocycles. The zero-order valence-corrected chi connectivity index (χ0v) is 29.9. The van der Waals surface area contributed by atoms with E-state index in [-0.39, 0.29) is 0 Å². The van der Waals surface area contributed by atoms with Gasteiger partial charge < -0.3 is 13.7 Å². The molecule has 4 heteroatoms. The lowest BCUT2D eigenvalue weighted by atomic mass is 9.98. The molecule has 3 heterocycles. The Morgan fingerprint density at radius 1 is 0.442 bits per heavy atom. The number of nitrogens with zero attached hydrogens (tertiary/aromatic N) is 1. The second-order valence-corrected chi connectivity index (χ2v) is 18.8. The Balaban J connectivity index is 1.12. The van der Waals surface area contributed by atoms with Gasteiger partial charge in [0.2, 0.25) is 0 Å². The monoisotopic (exact) mass is 683 g/mol. The van der Waals surface area contributed by atoms with Crippen molar-refractivity contribution in [2.45, 2.75) is 13.1 Å². The average molecular weight is 684 g/mol. The van der Waals surface area contributed by atoms with Crippen LogP contribution >= 0.6 is 0 Å². The topological polar surface area (TPSA) is 29.5 Å². The van der Waals surface area contributed by atoms with Crippen LogP contribution in [-0.2, 0) is 0 Å². The van der Waals surface area contributed by atoms with Gasteiger partial charge in [-0.1, -0.05) is 134 Å². The van der Waals surface area contributed by atoms with Crippen LogP contribution in [0, 0.1) is 0 Å². The summed E-state index contributed by atoms with van der Waals surface area (Å²) in [6.07, 6.45) is 0. The second kappa shape index (κ2) is 10.8. The standard InChI is InChI=1S/C48H33NO2Si/c1-52(2)44-28-27-39-37-15-6-8-20-43(37)51-48(39)46(44)40-26-25-33(29-45(40)52)49(41-18-10-17-38-36-14-5-7-19-42(36)50-47(38)41)32-23-21-31(22-24-32)35-16-9-12-30-11-3-4-13-34(30)35/h3-29H,1-2H3. The molecule has 3 nitrogen and oxygen atoms in total. The third-order valence-electron chi connectivity index (χ3n) is 11.3. The lowest BCUT2D eigenvalue weighted by molar-refractivity contribution is 0.669. The predicted molar refractivity (Wildman–Crippen MR) is 221 cm³/mol. The second-order valence-electron chi connectivity index (χ2n) is 14.5. The highest BCUT2D eigenvalue weighted by molar-refractivity contribution is 7.04. The molecule has 0 bridgehead atoms. The van der Waals surface area contributed by atoms with Crippen molar-refractivity contribution in [2.75, 3.05) is 4.90 Å². The van der Waals surface area contributed by atoms with Gasteiger partial charge >= 0.3 is 0 Å². The van der Waals surface area contributed by atoms with E-state index < -0.39 is 8.07 Å². The summed E-state index contributed by atoms with van der Waals surface area (Å²) in [5.41, 5.74) is 11.9. The smallest absolute Gasteiger partial charge is 0.159 e. The summed E-state index contributed by atoms with van der Waals surface area (Å²) in [5, 5.41) is 9.93. The van der Waals surface area contributed by atoms with E-state index in [4.69, 9.17) is 8.83 Å². The van der Waals surface area contributed by atoms with Gasteiger partial charge in [0.1, 0.15) is 24.8 Å². The minimum absolute atomic E-state index is 0.881. The van der Waals surface area contributed by atoms with Crippen LogP contribution in [0.2, 0.25) is 13.1 Å². The van der Waals surface area contributed by atoms with Gasteiger partial charge in [-0.15, -0.1) is 0 Å². The Kier molecular flexibility index (Phi) is 6.11. The maximum atomic E-state index is 6.66. The van der Waals surface area contributed by atoms with E-state index >= 15 is 0 Å². The predicted octanol–water partition coefficient (Wildman–Crippen LogP) is 12.6. The number of fused-ring (bicyclic) bond motifs is 11. The van der Waals surface area contributed by atoms with Crippen molar-refractivity contribution in [1.29, 1.82) is 0 Å². The molecule has 10 aromatic rings.